The summed E-state index contributed by atoms with van der Waals surface area (Å²) in [6.45, 7) is 2.79. The fraction of sp³-hybridized carbons (Fsp3) is 0.500. The smallest absolute Gasteiger partial charge is 0.122 e. The zero-order valence-electron chi connectivity index (χ0n) is 10.9. The first-order valence-electron chi connectivity index (χ1n) is 6.40. The van der Waals surface area contributed by atoms with Gasteiger partial charge in [0.25, 0.3) is 0 Å². The van der Waals surface area contributed by atoms with Gasteiger partial charge in [-0.3, -0.25) is 5.41 Å². The van der Waals surface area contributed by atoms with Gasteiger partial charge in [0.15, 0.2) is 0 Å². The minimum atomic E-state index is 0.122. The molecule has 1 aromatic carbocycles. The predicted molar refractivity (Wildman–Crippen MR) is 74.3 cm³/mol. The Labute approximate surface area is 108 Å². The van der Waals surface area contributed by atoms with Crippen molar-refractivity contribution in [3.8, 4) is 0 Å². The van der Waals surface area contributed by atoms with E-state index in [2.05, 4.69) is 18.0 Å². The van der Waals surface area contributed by atoms with Gasteiger partial charge in [-0.05, 0) is 30.9 Å². The van der Waals surface area contributed by atoms with Crippen LogP contribution in [0.5, 0.6) is 0 Å². The van der Waals surface area contributed by atoms with Crippen LogP contribution in [0.15, 0.2) is 24.3 Å². The second kappa shape index (κ2) is 5.87. The molecule has 1 saturated heterocycles. The average molecular weight is 247 g/mol. The molecule has 3 N–H and O–H groups in total. The summed E-state index contributed by atoms with van der Waals surface area (Å²) < 4.78 is 5.37. The van der Waals surface area contributed by atoms with Gasteiger partial charge < -0.3 is 15.4 Å². The number of benzene rings is 1. The van der Waals surface area contributed by atoms with Crippen LogP contribution in [0.3, 0.4) is 0 Å². The molecule has 4 heteroatoms. The molecule has 0 unspecified atom stereocenters. The molecule has 0 radical (unpaired) electrons. The van der Waals surface area contributed by atoms with Gasteiger partial charge in [0.1, 0.15) is 5.84 Å². The molecule has 98 valence electrons. The van der Waals surface area contributed by atoms with Crippen molar-refractivity contribution in [2.75, 3.05) is 31.7 Å². The highest BCUT2D eigenvalue weighted by Crippen LogP contribution is 2.20. The van der Waals surface area contributed by atoms with Crippen molar-refractivity contribution in [2.45, 2.75) is 12.8 Å². The quantitative estimate of drug-likeness (QED) is 0.630. The van der Waals surface area contributed by atoms with Crippen LogP contribution >= 0.6 is 0 Å². The molecular formula is C14H21N3O. The van der Waals surface area contributed by atoms with Crippen LogP contribution in [0.2, 0.25) is 0 Å². The van der Waals surface area contributed by atoms with Crippen molar-refractivity contribution in [2.24, 2.45) is 11.7 Å². The molecule has 1 aliphatic heterocycles. The lowest BCUT2D eigenvalue weighted by atomic mass is 9.99. The zero-order chi connectivity index (χ0) is 13.0. The number of amidine groups is 1. The van der Waals surface area contributed by atoms with E-state index in [0.717, 1.165) is 43.9 Å². The second-order valence-corrected chi connectivity index (χ2v) is 4.90. The fourth-order valence-electron chi connectivity index (χ4n) is 2.33. The minimum absolute atomic E-state index is 0.122. The van der Waals surface area contributed by atoms with Crippen molar-refractivity contribution in [1.29, 1.82) is 5.41 Å². The topological polar surface area (TPSA) is 62.3 Å². The molecule has 0 saturated carbocycles. The number of nitrogens with zero attached hydrogens (tertiary/aromatic N) is 1. The molecule has 0 spiro atoms. The summed E-state index contributed by atoms with van der Waals surface area (Å²) in [4.78, 5) is 2.24. The fourth-order valence-corrected chi connectivity index (χ4v) is 2.33. The molecule has 18 heavy (non-hydrogen) atoms. The Balaban J connectivity index is 2.01. The minimum Gasteiger partial charge on any atom is -0.384 e. The summed E-state index contributed by atoms with van der Waals surface area (Å²) in [5, 5.41) is 7.47. The number of ether oxygens (including phenoxy) is 1. The van der Waals surface area contributed by atoms with Crippen LogP contribution in [0.25, 0.3) is 0 Å². The van der Waals surface area contributed by atoms with Crippen LogP contribution in [-0.4, -0.2) is 32.6 Å². The van der Waals surface area contributed by atoms with E-state index in [1.54, 1.807) is 0 Å². The van der Waals surface area contributed by atoms with Gasteiger partial charge in [0, 0.05) is 38.1 Å². The first-order valence-corrected chi connectivity index (χ1v) is 6.40. The van der Waals surface area contributed by atoms with Gasteiger partial charge in [-0.25, -0.2) is 0 Å². The van der Waals surface area contributed by atoms with E-state index in [4.69, 9.17) is 15.9 Å². The van der Waals surface area contributed by atoms with Crippen LogP contribution in [0, 0.1) is 11.3 Å². The van der Waals surface area contributed by atoms with E-state index in [9.17, 15) is 0 Å². The molecule has 2 rings (SSSR count). The molecule has 1 aromatic rings. The molecule has 1 fully saturated rings. The van der Waals surface area contributed by atoms with E-state index in [0.29, 0.717) is 5.92 Å². The predicted octanol–water partition coefficient (Wildman–Crippen LogP) is 1.83. The molecule has 0 amide bonds. The first kappa shape index (κ1) is 12.9. The van der Waals surface area contributed by atoms with E-state index in [-0.39, 0.29) is 5.84 Å². The lowest BCUT2D eigenvalue weighted by molar-refractivity contribution is 0.0685. The summed E-state index contributed by atoms with van der Waals surface area (Å²) in [6, 6.07) is 7.86. The van der Waals surface area contributed by atoms with Gasteiger partial charge in [-0.15, -0.1) is 0 Å². The molecule has 4 nitrogen and oxygen atoms in total. The summed E-state index contributed by atoms with van der Waals surface area (Å²) in [5.74, 6) is 0.820. The third-order valence-electron chi connectivity index (χ3n) is 3.47. The van der Waals surface area contributed by atoms with Crippen LogP contribution in [0.1, 0.15) is 18.4 Å². The van der Waals surface area contributed by atoms with Gasteiger partial charge in [0.05, 0.1) is 0 Å². The van der Waals surface area contributed by atoms with E-state index in [1.165, 1.54) is 0 Å². The van der Waals surface area contributed by atoms with Gasteiger partial charge in [0.2, 0.25) is 0 Å². The zero-order valence-corrected chi connectivity index (χ0v) is 10.9. The van der Waals surface area contributed by atoms with Crippen LogP contribution < -0.4 is 10.6 Å². The summed E-state index contributed by atoms with van der Waals surface area (Å²) in [5.41, 5.74) is 7.42. The SMILES string of the molecule is CN(CC1CCOCC1)c1cccc(C(=N)N)c1. The maximum atomic E-state index is 7.47. The van der Waals surface area contributed by atoms with Crippen LogP contribution in [-0.2, 0) is 4.74 Å². The normalized spacial score (nSPS) is 16.5. The number of rotatable bonds is 4. The molecule has 1 aliphatic rings. The lowest BCUT2D eigenvalue weighted by Crippen LogP contribution is -2.29. The van der Waals surface area contributed by atoms with Crippen molar-refractivity contribution in [3.63, 3.8) is 0 Å². The van der Waals surface area contributed by atoms with Crippen molar-refractivity contribution >= 4 is 11.5 Å². The monoisotopic (exact) mass is 247 g/mol. The van der Waals surface area contributed by atoms with Crippen molar-refractivity contribution in [3.05, 3.63) is 29.8 Å². The number of hydrogen-bond donors (Lipinski definition) is 2. The largest absolute Gasteiger partial charge is 0.384 e. The van der Waals surface area contributed by atoms with E-state index < -0.39 is 0 Å². The standard InChI is InChI=1S/C14H21N3O/c1-17(10-11-5-7-18-8-6-11)13-4-2-3-12(9-13)14(15)16/h2-4,9,11H,5-8,10H2,1H3,(H3,15,16). The van der Waals surface area contributed by atoms with Crippen LogP contribution in [0.4, 0.5) is 5.69 Å². The van der Waals surface area contributed by atoms with E-state index >= 15 is 0 Å². The third kappa shape index (κ3) is 3.23. The number of nitrogens with two attached hydrogens (primary N) is 1. The van der Waals surface area contributed by atoms with E-state index in [1.807, 2.05) is 18.2 Å². The molecule has 0 aromatic heterocycles. The highest BCUT2D eigenvalue weighted by atomic mass is 16.5. The Morgan fingerprint density at radius 3 is 2.83 bits per heavy atom. The molecule has 0 atom stereocenters. The third-order valence-corrected chi connectivity index (χ3v) is 3.47. The van der Waals surface area contributed by atoms with Gasteiger partial charge >= 0.3 is 0 Å². The Bertz CT molecular complexity index is 413. The number of nitrogens with one attached hydrogen (secondary N) is 1. The Hall–Kier alpha value is -1.55. The summed E-state index contributed by atoms with van der Waals surface area (Å²) >= 11 is 0. The second-order valence-electron chi connectivity index (χ2n) is 4.90. The maximum Gasteiger partial charge on any atom is 0.122 e. The van der Waals surface area contributed by atoms with Crippen molar-refractivity contribution in [1.82, 2.24) is 0 Å². The lowest BCUT2D eigenvalue weighted by Gasteiger charge is -2.28. The number of anilines is 1. The Kier molecular flexibility index (Phi) is 4.20. The highest BCUT2D eigenvalue weighted by molar-refractivity contribution is 5.95. The molecule has 1 heterocycles. The summed E-state index contributed by atoms with van der Waals surface area (Å²) in [6.07, 6.45) is 2.27. The highest BCUT2D eigenvalue weighted by Gasteiger charge is 2.16. The van der Waals surface area contributed by atoms with Crippen molar-refractivity contribution < 1.29 is 4.74 Å². The summed E-state index contributed by atoms with van der Waals surface area (Å²) in [7, 11) is 2.09. The molecule has 0 aliphatic carbocycles. The Morgan fingerprint density at radius 1 is 1.44 bits per heavy atom. The first-order chi connectivity index (χ1) is 8.66. The number of nitrogen functional groups attached to an aromatic ring is 1. The maximum absolute atomic E-state index is 7.47. The Morgan fingerprint density at radius 2 is 2.17 bits per heavy atom. The molecular weight excluding hydrogens is 226 g/mol. The van der Waals surface area contributed by atoms with Gasteiger partial charge in [-0.1, -0.05) is 12.1 Å². The van der Waals surface area contributed by atoms with Gasteiger partial charge in [-0.2, -0.15) is 0 Å². The average Bonchev–Trinajstić information content (AvgIpc) is 2.40. The number of hydrogen-bond acceptors (Lipinski definition) is 3. The molecule has 0 bridgehead atoms.